The Morgan fingerprint density at radius 3 is 2.24 bits per heavy atom. The third-order valence-electron chi connectivity index (χ3n) is 4.61. The highest BCUT2D eigenvalue weighted by atomic mass is 32.2. The van der Waals surface area contributed by atoms with E-state index in [-0.39, 0.29) is 18.4 Å². The van der Waals surface area contributed by atoms with E-state index < -0.39 is 0 Å². The third-order valence-corrected chi connectivity index (χ3v) is 6.42. The first-order chi connectivity index (χ1) is 14.2. The number of carbonyl (C=O) groups is 2. The predicted molar refractivity (Wildman–Crippen MR) is 118 cm³/mol. The monoisotopic (exact) mass is 423 g/mol. The molecule has 0 aliphatic carbocycles. The van der Waals surface area contributed by atoms with Crippen LogP contribution in [-0.2, 0) is 4.79 Å². The second kappa shape index (κ2) is 9.15. The highest BCUT2D eigenvalue weighted by molar-refractivity contribution is 7.99. The first-order valence-corrected chi connectivity index (χ1v) is 11.2. The van der Waals surface area contributed by atoms with E-state index in [0.717, 1.165) is 13.0 Å². The van der Waals surface area contributed by atoms with Gasteiger partial charge in [0.25, 0.3) is 5.91 Å². The molecule has 1 aromatic heterocycles. The van der Waals surface area contributed by atoms with Crippen molar-refractivity contribution in [1.82, 2.24) is 10.6 Å². The van der Waals surface area contributed by atoms with Crippen LogP contribution in [0, 0.1) is 0 Å². The van der Waals surface area contributed by atoms with E-state index in [2.05, 4.69) is 64.1 Å². The van der Waals surface area contributed by atoms with Crippen LogP contribution in [-0.4, -0.2) is 31.4 Å². The largest absolute Gasteiger partial charge is 0.355 e. The normalized spacial score (nSPS) is 12.1. The SMILES string of the molecule is O=C(CNC(=O)c1ccsc1)NCCCN1c2ccccc2Sc2ccccc21. The molecule has 0 atom stereocenters. The van der Waals surface area contributed by atoms with Crippen LogP contribution in [0.25, 0.3) is 0 Å². The molecule has 2 amide bonds. The van der Waals surface area contributed by atoms with E-state index in [1.54, 1.807) is 23.2 Å². The molecule has 0 unspecified atom stereocenters. The van der Waals surface area contributed by atoms with Gasteiger partial charge in [0.15, 0.2) is 0 Å². The Morgan fingerprint density at radius 1 is 0.897 bits per heavy atom. The fourth-order valence-corrected chi connectivity index (χ4v) is 4.94. The van der Waals surface area contributed by atoms with Gasteiger partial charge in [-0.25, -0.2) is 0 Å². The van der Waals surface area contributed by atoms with Gasteiger partial charge in [0, 0.05) is 33.8 Å². The van der Waals surface area contributed by atoms with Crippen molar-refractivity contribution < 1.29 is 9.59 Å². The van der Waals surface area contributed by atoms with Crippen LogP contribution in [0.15, 0.2) is 75.1 Å². The van der Waals surface area contributed by atoms with Crippen molar-refractivity contribution in [3.63, 3.8) is 0 Å². The number of thiophene rings is 1. The van der Waals surface area contributed by atoms with Crippen LogP contribution in [0.3, 0.4) is 0 Å². The number of carbonyl (C=O) groups excluding carboxylic acids is 2. The summed E-state index contributed by atoms with van der Waals surface area (Å²) in [5.41, 5.74) is 2.99. The van der Waals surface area contributed by atoms with Crippen LogP contribution in [0.1, 0.15) is 16.8 Å². The number of nitrogens with one attached hydrogen (secondary N) is 2. The predicted octanol–water partition coefficient (Wildman–Crippen LogP) is 4.29. The summed E-state index contributed by atoms with van der Waals surface area (Å²) in [5, 5.41) is 9.13. The van der Waals surface area contributed by atoms with Gasteiger partial charge in [0.2, 0.25) is 5.91 Å². The lowest BCUT2D eigenvalue weighted by Crippen LogP contribution is -2.37. The van der Waals surface area contributed by atoms with Crippen LogP contribution in [0.2, 0.25) is 0 Å². The number of anilines is 2. The van der Waals surface area contributed by atoms with Crippen LogP contribution < -0.4 is 15.5 Å². The van der Waals surface area contributed by atoms with E-state index in [9.17, 15) is 9.59 Å². The molecule has 4 rings (SSSR count). The fraction of sp³-hybridized carbons (Fsp3) is 0.182. The number of hydrogen-bond acceptors (Lipinski definition) is 5. The zero-order chi connectivity index (χ0) is 20.1. The second-order valence-corrected chi connectivity index (χ2v) is 8.45. The molecule has 0 fully saturated rings. The van der Waals surface area contributed by atoms with Crippen molar-refractivity contribution >= 4 is 46.3 Å². The first-order valence-electron chi connectivity index (χ1n) is 9.43. The Kier molecular flexibility index (Phi) is 6.17. The number of nitrogens with zero attached hydrogens (tertiary/aromatic N) is 1. The van der Waals surface area contributed by atoms with Gasteiger partial charge < -0.3 is 15.5 Å². The van der Waals surface area contributed by atoms with Crippen LogP contribution in [0.5, 0.6) is 0 Å². The number of amides is 2. The average molecular weight is 424 g/mol. The smallest absolute Gasteiger partial charge is 0.252 e. The molecule has 0 spiro atoms. The van der Waals surface area contributed by atoms with E-state index in [1.807, 2.05) is 5.38 Å². The summed E-state index contributed by atoms with van der Waals surface area (Å²) in [6, 6.07) is 18.5. The quantitative estimate of drug-likeness (QED) is 0.557. The minimum absolute atomic E-state index is 0.0132. The summed E-state index contributed by atoms with van der Waals surface area (Å²) in [6.07, 6.45) is 0.803. The molecule has 0 saturated carbocycles. The number of rotatable bonds is 7. The molecule has 2 heterocycles. The zero-order valence-electron chi connectivity index (χ0n) is 15.8. The van der Waals surface area contributed by atoms with E-state index in [1.165, 1.54) is 32.5 Å². The molecule has 0 bridgehead atoms. The fourth-order valence-electron chi connectivity index (χ4n) is 3.21. The van der Waals surface area contributed by atoms with E-state index in [0.29, 0.717) is 12.1 Å². The lowest BCUT2D eigenvalue weighted by molar-refractivity contribution is -0.120. The maximum atomic E-state index is 12.0. The van der Waals surface area contributed by atoms with Crippen molar-refractivity contribution in [2.24, 2.45) is 0 Å². The van der Waals surface area contributed by atoms with Gasteiger partial charge in [0.1, 0.15) is 0 Å². The summed E-state index contributed by atoms with van der Waals surface area (Å²) in [6.45, 7) is 1.35. The van der Waals surface area contributed by atoms with Crippen molar-refractivity contribution in [2.45, 2.75) is 16.2 Å². The average Bonchev–Trinajstić information content (AvgIpc) is 3.29. The molecule has 7 heteroatoms. The number of benzene rings is 2. The summed E-state index contributed by atoms with van der Waals surface area (Å²) in [7, 11) is 0. The highest BCUT2D eigenvalue weighted by Gasteiger charge is 2.22. The maximum Gasteiger partial charge on any atom is 0.252 e. The summed E-state index contributed by atoms with van der Waals surface area (Å²) in [4.78, 5) is 28.7. The van der Waals surface area contributed by atoms with Gasteiger partial charge >= 0.3 is 0 Å². The third kappa shape index (κ3) is 4.63. The number of hydrogen-bond donors (Lipinski definition) is 2. The molecule has 5 nitrogen and oxygen atoms in total. The lowest BCUT2D eigenvalue weighted by Gasteiger charge is -2.32. The molecule has 2 aromatic carbocycles. The molecule has 29 heavy (non-hydrogen) atoms. The first kappa shape index (κ1) is 19.5. The Labute approximate surface area is 178 Å². The number of fused-ring (bicyclic) bond motifs is 2. The molecular formula is C22H21N3O2S2. The van der Waals surface area contributed by atoms with Gasteiger partial charge in [0.05, 0.1) is 17.9 Å². The minimum Gasteiger partial charge on any atom is -0.355 e. The molecule has 3 aromatic rings. The second-order valence-electron chi connectivity index (χ2n) is 6.59. The Hall–Kier alpha value is -2.77. The Bertz CT molecular complexity index is 959. The molecule has 1 aliphatic rings. The topological polar surface area (TPSA) is 61.4 Å². The Morgan fingerprint density at radius 2 is 1.59 bits per heavy atom. The summed E-state index contributed by atoms with van der Waals surface area (Å²) >= 11 is 3.24. The lowest BCUT2D eigenvalue weighted by atomic mass is 10.2. The van der Waals surface area contributed by atoms with Crippen molar-refractivity contribution in [2.75, 3.05) is 24.5 Å². The maximum absolute atomic E-state index is 12.0. The molecule has 1 aliphatic heterocycles. The minimum atomic E-state index is -0.222. The molecular weight excluding hydrogens is 402 g/mol. The van der Waals surface area contributed by atoms with Crippen molar-refractivity contribution in [3.05, 3.63) is 70.9 Å². The van der Waals surface area contributed by atoms with Crippen molar-refractivity contribution in [3.8, 4) is 0 Å². The highest BCUT2D eigenvalue weighted by Crippen LogP contribution is 2.47. The van der Waals surface area contributed by atoms with Gasteiger partial charge in [-0.05, 0) is 42.1 Å². The Balaban J connectivity index is 1.29. The zero-order valence-corrected chi connectivity index (χ0v) is 17.4. The molecule has 0 radical (unpaired) electrons. The number of para-hydroxylation sites is 2. The van der Waals surface area contributed by atoms with Gasteiger partial charge in [-0.2, -0.15) is 11.3 Å². The van der Waals surface area contributed by atoms with Crippen molar-refractivity contribution in [1.29, 1.82) is 0 Å². The molecule has 0 saturated heterocycles. The summed E-state index contributed by atoms with van der Waals surface area (Å²) < 4.78 is 0. The summed E-state index contributed by atoms with van der Waals surface area (Å²) in [5.74, 6) is -0.399. The molecule has 2 N–H and O–H groups in total. The van der Waals surface area contributed by atoms with Crippen LogP contribution >= 0.6 is 23.1 Å². The molecule has 148 valence electrons. The van der Waals surface area contributed by atoms with E-state index >= 15 is 0 Å². The van der Waals surface area contributed by atoms with E-state index in [4.69, 9.17) is 0 Å². The van der Waals surface area contributed by atoms with Crippen LogP contribution in [0.4, 0.5) is 11.4 Å². The van der Waals surface area contributed by atoms with Gasteiger partial charge in [-0.3, -0.25) is 9.59 Å². The standard InChI is InChI=1S/C22H21N3O2S2/c26-21(14-24-22(27)16-10-13-28-15-16)23-11-5-12-25-17-6-1-3-8-19(17)29-20-9-4-2-7-18(20)25/h1-4,6-10,13,15H,5,11-12,14H2,(H,23,26)(H,24,27). The van der Waals surface area contributed by atoms with Gasteiger partial charge in [-0.15, -0.1) is 0 Å². The van der Waals surface area contributed by atoms with Gasteiger partial charge in [-0.1, -0.05) is 36.0 Å².